The molecule has 0 aromatic heterocycles. The quantitative estimate of drug-likeness (QED) is 0.440. The summed E-state index contributed by atoms with van der Waals surface area (Å²) in [5.41, 5.74) is -1.37. The van der Waals surface area contributed by atoms with E-state index in [0.717, 1.165) is 0 Å². The molecule has 0 bridgehead atoms. The van der Waals surface area contributed by atoms with Crippen LogP contribution >= 0.6 is 23.0 Å². The van der Waals surface area contributed by atoms with Gasteiger partial charge < -0.3 is 28.1 Å². The van der Waals surface area contributed by atoms with Crippen molar-refractivity contribution in [2.45, 2.75) is 84.2 Å². The van der Waals surface area contributed by atoms with Crippen molar-refractivity contribution < 1.29 is 32.3 Å². The fourth-order valence-corrected chi connectivity index (χ4v) is 3.82. The van der Waals surface area contributed by atoms with Gasteiger partial charge in [-0.25, -0.2) is 0 Å². The molecule has 1 rings (SSSR count). The summed E-state index contributed by atoms with van der Waals surface area (Å²) in [6, 6.07) is -0.776. The molecule has 5 unspecified atom stereocenters. The average Bonchev–Trinajstić information content (AvgIpc) is 2.48. The van der Waals surface area contributed by atoms with Gasteiger partial charge in [-0.05, 0) is 27.2 Å². The summed E-state index contributed by atoms with van der Waals surface area (Å²) < 4.78 is 17.1. The second-order valence-corrected chi connectivity index (χ2v) is 8.50. The highest BCUT2D eigenvalue weighted by molar-refractivity contribution is 14.1. The molecule has 1 amide bonds. The Morgan fingerprint density at radius 2 is 1.81 bits per heavy atom. The number of aliphatic hydroxyl groups is 2. The minimum atomic E-state index is -1.13. The van der Waals surface area contributed by atoms with Gasteiger partial charge in [0.2, 0.25) is 5.91 Å². The van der Waals surface area contributed by atoms with Crippen molar-refractivity contribution in [1.29, 1.82) is 0 Å². The lowest BCUT2D eigenvalue weighted by Crippen LogP contribution is -2.65. The Morgan fingerprint density at radius 3 is 2.23 bits per heavy atom. The molecule has 1 saturated heterocycles. The van der Waals surface area contributed by atoms with Crippen LogP contribution in [0.4, 0.5) is 0 Å². The first kappa shape index (κ1) is 23.7. The van der Waals surface area contributed by atoms with Crippen molar-refractivity contribution >= 4 is 34.7 Å². The molecule has 5 atom stereocenters. The van der Waals surface area contributed by atoms with Crippen LogP contribution in [0.15, 0.2) is 0 Å². The normalized spacial score (nSPS) is 30.1. The van der Waals surface area contributed by atoms with E-state index in [1.807, 2.05) is 27.7 Å². The number of ketones is 1. The molecule has 0 spiro atoms. The van der Waals surface area contributed by atoms with Crippen LogP contribution in [0, 0.1) is 5.41 Å². The van der Waals surface area contributed by atoms with Crippen LogP contribution in [-0.2, 0) is 22.1 Å². The van der Waals surface area contributed by atoms with Crippen LogP contribution in [-0.4, -0.2) is 64.8 Å². The number of carbonyl (C=O) groups excluding carboxylic acids is 2. The van der Waals surface area contributed by atoms with E-state index in [1.165, 1.54) is 13.8 Å². The molecule has 3 N–H and O–H groups in total. The first-order valence-corrected chi connectivity index (χ1v) is 9.40. The average molecular weight is 487 g/mol. The van der Waals surface area contributed by atoms with Crippen molar-refractivity contribution in [3.8, 4) is 0 Å². The van der Waals surface area contributed by atoms with E-state index in [0.29, 0.717) is 6.42 Å². The summed E-state index contributed by atoms with van der Waals surface area (Å²) in [4.78, 5) is 23.5. The monoisotopic (exact) mass is 487 g/mol. The number of rotatable bonds is 8. The van der Waals surface area contributed by atoms with Crippen LogP contribution in [0.3, 0.4) is 0 Å². The largest absolute Gasteiger partial charge is 0.394 e. The molecule has 1 aliphatic rings. The van der Waals surface area contributed by atoms with Crippen molar-refractivity contribution in [2.24, 2.45) is 5.41 Å². The number of nitrogens with one attached hydrogen (secondary N) is 1. The molecule has 9 heteroatoms. The second-order valence-electron chi connectivity index (χ2n) is 7.99. The van der Waals surface area contributed by atoms with Crippen molar-refractivity contribution in [1.82, 2.24) is 5.32 Å². The molecule has 0 saturated carbocycles. The standard InChI is InChI=1S/C17H30INO7/c1-9(21)16(3,4)8-17(5,6)25-15-12(19-10(2)22)14(26-18)13(23)11(7-20)24-15/h11-15,20,23H,7-8H2,1-6H3,(H,19,22). The lowest BCUT2D eigenvalue weighted by atomic mass is 9.79. The van der Waals surface area contributed by atoms with Crippen LogP contribution in [0.2, 0.25) is 0 Å². The molecule has 152 valence electrons. The summed E-state index contributed by atoms with van der Waals surface area (Å²) in [6.45, 7) is 9.77. The lowest BCUT2D eigenvalue weighted by molar-refractivity contribution is -0.292. The first-order chi connectivity index (χ1) is 11.8. The summed E-state index contributed by atoms with van der Waals surface area (Å²) in [5.74, 6) is -0.295. The van der Waals surface area contributed by atoms with Crippen LogP contribution < -0.4 is 5.32 Å². The Morgan fingerprint density at radius 1 is 1.23 bits per heavy atom. The molecule has 26 heavy (non-hydrogen) atoms. The van der Waals surface area contributed by atoms with Gasteiger partial charge in [-0.3, -0.25) is 9.59 Å². The minimum absolute atomic E-state index is 0.0364. The summed E-state index contributed by atoms with van der Waals surface area (Å²) in [6.07, 6.45) is -3.42. The molecule has 1 fully saturated rings. The second kappa shape index (κ2) is 9.24. The van der Waals surface area contributed by atoms with Crippen molar-refractivity contribution in [3.05, 3.63) is 0 Å². The molecular formula is C17H30INO7. The van der Waals surface area contributed by atoms with Gasteiger partial charge >= 0.3 is 0 Å². The highest BCUT2D eigenvalue weighted by Gasteiger charge is 2.49. The summed E-state index contributed by atoms with van der Waals surface area (Å²) in [5, 5.41) is 22.5. The molecule has 0 aromatic carbocycles. The summed E-state index contributed by atoms with van der Waals surface area (Å²) >= 11 is 1.64. The topological polar surface area (TPSA) is 114 Å². The maximum atomic E-state index is 11.9. The number of halogens is 1. The Labute approximate surface area is 168 Å². The fraction of sp³-hybridized carbons (Fsp3) is 0.882. The molecule has 0 aliphatic carbocycles. The van der Waals surface area contributed by atoms with Gasteiger partial charge in [0.1, 0.15) is 53.1 Å². The molecule has 0 aromatic rings. The number of hydrogen-bond donors (Lipinski definition) is 3. The Kier molecular flexibility index (Phi) is 8.43. The van der Waals surface area contributed by atoms with E-state index in [2.05, 4.69) is 5.32 Å². The zero-order valence-corrected chi connectivity index (χ0v) is 18.3. The molecule has 0 radical (unpaired) electrons. The SMILES string of the molecule is CC(=O)NC1C(OC(C)(C)CC(C)(C)C(C)=O)OC(CO)C(O)C1OI. The fourth-order valence-electron chi connectivity index (χ4n) is 3.21. The van der Waals surface area contributed by atoms with Crippen LogP contribution in [0.1, 0.15) is 48.0 Å². The first-order valence-electron chi connectivity index (χ1n) is 8.52. The predicted octanol–water partition coefficient (Wildman–Crippen LogP) is 1.10. The van der Waals surface area contributed by atoms with Gasteiger partial charge in [-0.2, -0.15) is 0 Å². The molecular weight excluding hydrogens is 457 g/mol. The van der Waals surface area contributed by atoms with Gasteiger partial charge in [0.25, 0.3) is 0 Å². The zero-order valence-electron chi connectivity index (χ0n) is 16.1. The number of hydrogen-bond acceptors (Lipinski definition) is 7. The van der Waals surface area contributed by atoms with Crippen LogP contribution in [0.25, 0.3) is 0 Å². The number of aliphatic hydroxyl groups excluding tert-OH is 2. The van der Waals surface area contributed by atoms with Gasteiger partial charge in [0, 0.05) is 12.3 Å². The molecule has 1 heterocycles. The third-order valence-electron chi connectivity index (χ3n) is 4.58. The van der Waals surface area contributed by atoms with E-state index in [4.69, 9.17) is 12.5 Å². The highest BCUT2D eigenvalue weighted by Crippen LogP contribution is 2.35. The van der Waals surface area contributed by atoms with E-state index >= 15 is 0 Å². The number of ether oxygens (including phenoxy) is 2. The third kappa shape index (κ3) is 6.10. The Hall–Kier alpha value is -0.330. The maximum Gasteiger partial charge on any atom is 0.217 e. The van der Waals surface area contributed by atoms with E-state index in [-0.39, 0.29) is 11.7 Å². The van der Waals surface area contributed by atoms with Crippen molar-refractivity contribution in [2.75, 3.05) is 6.61 Å². The van der Waals surface area contributed by atoms with Gasteiger partial charge in [0.15, 0.2) is 6.29 Å². The van der Waals surface area contributed by atoms with Gasteiger partial charge in [-0.1, -0.05) is 13.8 Å². The smallest absolute Gasteiger partial charge is 0.217 e. The molecule has 1 aliphatic heterocycles. The zero-order chi connectivity index (χ0) is 20.3. The highest BCUT2D eigenvalue weighted by atomic mass is 127. The van der Waals surface area contributed by atoms with Gasteiger partial charge in [0.05, 0.1) is 12.2 Å². The van der Waals surface area contributed by atoms with Gasteiger partial charge in [-0.15, -0.1) is 0 Å². The third-order valence-corrected chi connectivity index (χ3v) is 5.17. The Balaban J connectivity index is 3.06. The lowest BCUT2D eigenvalue weighted by Gasteiger charge is -2.46. The number of amides is 1. The predicted molar refractivity (Wildman–Crippen MR) is 102 cm³/mol. The maximum absolute atomic E-state index is 11.9. The van der Waals surface area contributed by atoms with E-state index in [9.17, 15) is 19.8 Å². The summed E-state index contributed by atoms with van der Waals surface area (Å²) in [7, 11) is 0. The number of Topliss-reactive ketones (excluding diaryl/α,β-unsaturated/α-hetero) is 1. The van der Waals surface area contributed by atoms with Crippen LogP contribution in [0.5, 0.6) is 0 Å². The Bertz CT molecular complexity index is 511. The van der Waals surface area contributed by atoms with E-state index < -0.39 is 48.3 Å². The molecule has 8 nitrogen and oxygen atoms in total. The van der Waals surface area contributed by atoms with Crippen molar-refractivity contribution in [3.63, 3.8) is 0 Å². The minimum Gasteiger partial charge on any atom is -0.394 e. The number of carbonyl (C=O) groups is 2. The van der Waals surface area contributed by atoms with E-state index in [1.54, 1.807) is 23.0 Å².